The summed E-state index contributed by atoms with van der Waals surface area (Å²) in [4.78, 5) is 0. The van der Waals surface area contributed by atoms with E-state index in [1.54, 1.807) is 0 Å². The van der Waals surface area contributed by atoms with Crippen LogP contribution in [0.5, 0.6) is 0 Å². The zero-order valence-electron chi connectivity index (χ0n) is 17.0. The molecular formula is C20H44O2Si. The summed E-state index contributed by atoms with van der Waals surface area (Å²) < 4.78 is 12.3. The van der Waals surface area contributed by atoms with Crippen molar-refractivity contribution in [3.8, 4) is 0 Å². The van der Waals surface area contributed by atoms with Crippen molar-refractivity contribution in [1.82, 2.24) is 0 Å². The van der Waals surface area contributed by atoms with Gasteiger partial charge in [-0.1, -0.05) is 77.6 Å². The highest BCUT2D eigenvalue weighted by molar-refractivity contribution is 6.66. The molecule has 0 amide bonds. The lowest BCUT2D eigenvalue weighted by Crippen LogP contribution is -2.42. The Kier molecular flexibility index (Phi) is 14.6. The summed E-state index contributed by atoms with van der Waals surface area (Å²) >= 11 is 0. The van der Waals surface area contributed by atoms with Gasteiger partial charge in [-0.05, 0) is 40.3 Å². The first kappa shape index (κ1) is 23.1. The van der Waals surface area contributed by atoms with Crippen LogP contribution in [-0.4, -0.2) is 20.8 Å². The Morgan fingerprint density at radius 3 is 1.30 bits per heavy atom. The van der Waals surface area contributed by atoms with E-state index in [1.165, 1.54) is 70.6 Å². The largest absolute Gasteiger partial charge is 0.392 e. The second-order valence-electron chi connectivity index (χ2n) is 7.75. The van der Waals surface area contributed by atoms with Crippen LogP contribution in [0.1, 0.15) is 105 Å². The zero-order chi connectivity index (χ0) is 17.6. The van der Waals surface area contributed by atoms with Gasteiger partial charge in [0.15, 0.2) is 0 Å². The average Bonchev–Trinajstić information content (AvgIpc) is 2.43. The molecule has 0 unspecified atom stereocenters. The molecule has 0 fully saturated rings. The Morgan fingerprint density at radius 2 is 0.957 bits per heavy atom. The zero-order valence-corrected chi connectivity index (χ0v) is 18.0. The summed E-state index contributed by atoms with van der Waals surface area (Å²) in [5.74, 6) is 0. The molecule has 3 heteroatoms. The lowest BCUT2D eigenvalue weighted by molar-refractivity contribution is 0.109. The number of hydrogen-bond donors (Lipinski definition) is 0. The third-order valence-electron chi connectivity index (χ3n) is 4.20. The van der Waals surface area contributed by atoms with Crippen LogP contribution < -0.4 is 0 Å². The molecular weight excluding hydrogens is 300 g/mol. The van der Waals surface area contributed by atoms with Crippen molar-refractivity contribution in [3.63, 3.8) is 0 Å². The predicted molar refractivity (Wildman–Crippen MR) is 105 cm³/mol. The van der Waals surface area contributed by atoms with Crippen LogP contribution in [0.25, 0.3) is 0 Å². The van der Waals surface area contributed by atoms with Gasteiger partial charge in [0.2, 0.25) is 0 Å². The first-order valence-electron chi connectivity index (χ1n) is 10.2. The third kappa shape index (κ3) is 15.4. The normalized spacial score (nSPS) is 12.5. The highest BCUT2D eigenvalue weighted by atomic mass is 28.4. The monoisotopic (exact) mass is 344 g/mol. The second-order valence-corrected chi connectivity index (χ2v) is 11.0. The fourth-order valence-corrected chi connectivity index (χ4v) is 6.43. The van der Waals surface area contributed by atoms with Crippen molar-refractivity contribution in [1.29, 1.82) is 0 Å². The van der Waals surface area contributed by atoms with E-state index in [1.807, 2.05) is 0 Å². The second kappa shape index (κ2) is 14.5. The summed E-state index contributed by atoms with van der Waals surface area (Å²) in [5, 5.41) is 0. The summed E-state index contributed by atoms with van der Waals surface area (Å²) in [5.41, 5.74) is 0. The van der Waals surface area contributed by atoms with Gasteiger partial charge in [-0.25, -0.2) is 0 Å². The first-order valence-corrected chi connectivity index (χ1v) is 12.8. The van der Waals surface area contributed by atoms with Crippen molar-refractivity contribution in [2.24, 2.45) is 0 Å². The van der Waals surface area contributed by atoms with Gasteiger partial charge in [-0.2, -0.15) is 0 Å². The van der Waals surface area contributed by atoms with Crippen LogP contribution >= 0.6 is 0 Å². The fraction of sp³-hybridized carbons (Fsp3) is 1.00. The van der Waals surface area contributed by atoms with Gasteiger partial charge in [-0.15, -0.1) is 0 Å². The Balaban J connectivity index is 3.62. The maximum atomic E-state index is 6.16. The molecule has 0 N–H and O–H groups in total. The standard InChI is InChI=1S/C20H44O2Si/c1-7-8-9-10-11-12-13-14-15-16-17-18-23(6,21-19(2)3)22-20(4)5/h19-20H,7-18H2,1-6H3. The summed E-state index contributed by atoms with van der Waals surface area (Å²) in [6.45, 7) is 13.0. The van der Waals surface area contributed by atoms with E-state index < -0.39 is 8.56 Å². The van der Waals surface area contributed by atoms with E-state index >= 15 is 0 Å². The molecule has 0 aromatic carbocycles. The molecule has 0 atom stereocenters. The van der Waals surface area contributed by atoms with Crippen LogP contribution in [-0.2, 0) is 8.85 Å². The van der Waals surface area contributed by atoms with E-state index in [4.69, 9.17) is 8.85 Å². The lowest BCUT2D eigenvalue weighted by Gasteiger charge is -2.31. The van der Waals surface area contributed by atoms with Gasteiger partial charge in [0.05, 0.1) is 0 Å². The Labute approximate surface area is 148 Å². The summed E-state index contributed by atoms with van der Waals surface area (Å²) in [6, 6.07) is 1.14. The fourth-order valence-electron chi connectivity index (χ4n) is 3.25. The predicted octanol–water partition coefficient (Wildman–Crippen LogP) is 7.22. The molecule has 0 aliphatic carbocycles. The van der Waals surface area contributed by atoms with Crippen LogP contribution in [0.2, 0.25) is 12.6 Å². The molecule has 2 nitrogen and oxygen atoms in total. The molecule has 0 spiro atoms. The first-order chi connectivity index (χ1) is 10.9. The minimum absolute atomic E-state index is 0.276. The molecule has 140 valence electrons. The third-order valence-corrected chi connectivity index (χ3v) is 7.41. The van der Waals surface area contributed by atoms with Crippen molar-refractivity contribution in [2.45, 2.75) is 130 Å². The number of unbranched alkanes of at least 4 members (excludes halogenated alkanes) is 10. The average molecular weight is 345 g/mol. The highest BCUT2D eigenvalue weighted by Crippen LogP contribution is 2.22. The molecule has 0 radical (unpaired) electrons. The molecule has 0 saturated heterocycles. The highest BCUT2D eigenvalue weighted by Gasteiger charge is 2.33. The molecule has 0 heterocycles. The van der Waals surface area contributed by atoms with Crippen molar-refractivity contribution in [2.75, 3.05) is 0 Å². The summed E-state index contributed by atoms with van der Waals surface area (Å²) in [6.07, 6.45) is 15.9. The van der Waals surface area contributed by atoms with Gasteiger partial charge in [0.1, 0.15) is 0 Å². The van der Waals surface area contributed by atoms with Crippen molar-refractivity contribution < 1.29 is 8.85 Å². The molecule has 0 aliphatic heterocycles. The van der Waals surface area contributed by atoms with Crippen molar-refractivity contribution in [3.05, 3.63) is 0 Å². The summed E-state index contributed by atoms with van der Waals surface area (Å²) in [7, 11) is -1.97. The Hall–Kier alpha value is 0.137. The van der Waals surface area contributed by atoms with E-state index in [2.05, 4.69) is 41.2 Å². The molecule has 0 bridgehead atoms. The van der Waals surface area contributed by atoms with E-state index in [0.717, 1.165) is 6.04 Å². The van der Waals surface area contributed by atoms with Gasteiger partial charge in [-0.3, -0.25) is 0 Å². The molecule has 0 aromatic heterocycles. The maximum Gasteiger partial charge on any atom is 0.335 e. The Morgan fingerprint density at radius 1 is 0.609 bits per heavy atom. The van der Waals surface area contributed by atoms with E-state index in [0.29, 0.717) is 0 Å². The van der Waals surface area contributed by atoms with E-state index in [-0.39, 0.29) is 12.2 Å². The SMILES string of the molecule is CCCCCCCCCCCCC[Si](C)(OC(C)C)OC(C)C. The molecule has 0 aromatic rings. The molecule has 0 rings (SSSR count). The van der Waals surface area contributed by atoms with Gasteiger partial charge in [0, 0.05) is 12.2 Å². The van der Waals surface area contributed by atoms with E-state index in [9.17, 15) is 0 Å². The molecule has 0 saturated carbocycles. The van der Waals surface area contributed by atoms with Crippen LogP contribution in [0.3, 0.4) is 0 Å². The minimum Gasteiger partial charge on any atom is -0.392 e. The Bertz CT molecular complexity index is 244. The van der Waals surface area contributed by atoms with Crippen LogP contribution in [0.15, 0.2) is 0 Å². The number of hydrogen-bond acceptors (Lipinski definition) is 2. The number of rotatable bonds is 16. The minimum atomic E-state index is -1.97. The van der Waals surface area contributed by atoms with Crippen LogP contribution in [0, 0.1) is 0 Å². The lowest BCUT2D eigenvalue weighted by atomic mass is 10.1. The van der Waals surface area contributed by atoms with Gasteiger partial charge in [0.25, 0.3) is 0 Å². The molecule has 23 heavy (non-hydrogen) atoms. The quantitative estimate of drug-likeness (QED) is 0.217. The maximum absolute atomic E-state index is 6.16. The topological polar surface area (TPSA) is 18.5 Å². The van der Waals surface area contributed by atoms with Crippen LogP contribution in [0.4, 0.5) is 0 Å². The molecule has 0 aliphatic rings. The van der Waals surface area contributed by atoms with Gasteiger partial charge >= 0.3 is 8.56 Å². The van der Waals surface area contributed by atoms with Crippen molar-refractivity contribution >= 4 is 8.56 Å². The van der Waals surface area contributed by atoms with Gasteiger partial charge < -0.3 is 8.85 Å². The smallest absolute Gasteiger partial charge is 0.335 e.